The highest BCUT2D eigenvalue weighted by molar-refractivity contribution is 6.69. The van der Waals surface area contributed by atoms with Crippen LogP contribution < -0.4 is 0 Å². The molecule has 0 radical (unpaired) electrons. The molecular weight excluding hydrogens is 278 g/mol. The van der Waals surface area contributed by atoms with Crippen LogP contribution in [0.3, 0.4) is 0 Å². The van der Waals surface area contributed by atoms with E-state index in [1.54, 1.807) is 24.5 Å². The number of pyridine rings is 1. The van der Waals surface area contributed by atoms with Gasteiger partial charge in [0.1, 0.15) is 12.7 Å². The third kappa shape index (κ3) is 5.07. The Bertz CT molecular complexity index is 422. The maximum absolute atomic E-state index is 9.89. The number of aliphatic hydroxyl groups is 1. The molecule has 6 heteroatoms. The van der Waals surface area contributed by atoms with Crippen LogP contribution in [0, 0.1) is 0 Å². The van der Waals surface area contributed by atoms with Crippen LogP contribution >= 0.6 is 11.6 Å². The predicted molar refractivity (Wildman–Crippen MR) is 78.9 cm³/mol. The van der Waals surface area contributed by atoms with Crippen molar-refractivity contribution in [2.24, 2.45) is 5.16 Å². The quantitative estimate of drug-likeness (QED) is 0.643. The van der Waals surface area contributed by atoms with Gasteiger partial charge in [-0.15, -0.1) is 0 Å². The monoisotopic (exact) mass is 297 g/mol. The number of aromatic nitrogens is 1. The fourth-order valence-corrected chi connectivity index (χ4v) is 2.37. The largest absolute Gasteiger partial charge is 0.392 e. The Labute approximate surface area is 124 Å². The van der Waals surface area contributed by atoms with Gasteiger partial charge >= 0.3 is 0 Å². The minimum atomic E-state index is -0.546. The summed E-state index contributed by atoms with van der Waals surface area (Å²) in [7, 11) is 0. The molecule has 2 heterocycles. The summed E-state index contributed by atoms with van der Waals surface area (Å²) in [5.74, 6) is 0. The second-order valence-corrected chi connectivity index (χ2v) is 5.29. The van der Waals surface area contributed by atoms with Crippen molar-refractivity contribution in [3.8, 4) is 0 Å². The SMILES string of the molecule is O[C@@H](CO/N=C(/Cl)c1cccnc1)CN1CCCCC1. The van der Waals surface area contributed by atoms with Gasteiger partial charge in [0.2, 0.25) is 0 Å². The predicted octanol–water partition coefficient (Wildman–Crippen LogP) is 1.85. The van der Waals surface area contributed by atoms with Crippen LogP contribution in [0.15, 0.2) is 29.7 Å². The molecule has 5 nitrogen and oxygen atoms in total. The van der Waals surface area contributed by atoms with Crippen molar-refractivity contribution in [3.05, 3.63) is 30.1 Å². The summed E-state index contributed by atoms with van der Waals surface area (Å²) in [6.45, 7) is 2.88. The highest BCUT2D eigenvalue weighted by Crippen LogP contribution is 2.09. The lowest BCUT2D eigenvalue weighted by Crippen LogP contribution is -2.38. The second kappa shape index (κ2) is 8.19. The smallest absolute Gasteiger partial charge is 0.177 e. The first-order chi connectivity index (χ1) is 9.75. The van der Waals surface area contributed by atoms with E-state index in [1.165, 1.54) is 19.3 Å². The summed E-state index contributed by atoms with van der Waals surface area (Å²) in [5.41, 5.74) is 0.694. The van der Waals surface area contributed by atoms with E-state index in [9.17, 15) is 5.11 Å². The van der Waals surface area contributed by atoms with Crippen LogP contribution in [0.2, 0.25) is 0 Å². The Morgan fingerprint density at radius 3 is 2.95 bits per heavy atom. The first-order valence-corrected chi connectivity index (χ1v) is 7.30. The fourth-order valence-electron chi connectivity index (χ4n) is 2.21. The molecule has 0 unspecified atom stereocenters. The number of aliphatic hydroxyl groups excluding tert-OH is 1. The summed E-state index contributed by atoms with van der Waals surface area (Å²) in [5, 5.41) is 13.9. The molecule has 0 amide bonds. The number of nitrogens with zero attached hydrogens (tertiary/aromatic N) is 3. The molecule has 20 heavy (non-hydrogen) atoms. The summed E-state index contributed by atoms with van der Waals surface area (Å²) in [6.07, 6.45) is 6.43. The standard InChI is InChI=1S/C14H20ClN3O2/c15-14(12-5-4-6-16-9-12)17-20-11-13(19)10-18-7-2-1-3-8-18/h4-6,9,13,19H,1-3,7-8,10-11H2/b17-14+/t13-/m1/s1. The van der Waals surface area contributed by atoms with Gasteiger partial charge in [0.05, 0.1) is 0 Å². The first-order valence-electron chi connectivity index (χ1n) is 6.92. The zero-order valence-electron chi connectivity index (χ0n) is 11.4. The molecule has 1 N–H and O–H groups in total. The molecular formula is C14H20ClN3O2. The molecule has 1 aliphatic heterocycles. The molecule has 1 aromatic heterocycles. The summed E-state index contributed by atoms with van der Waals surface area (Å²) in [6, 6.07) is 3.57. The van der Waals surface area contributed by atoms with Gasteiger partial charge in [0, 0.05) is 24.5 Å². The number of oxime groups is 1. The highest BCUT2D eigenvalue weighted by Gasteiger charge is 2.14. The minimum absolute atomic E-state index is 0.146. The average Bonchev–Trinajstić information content (AvgIpc) is 2.49. The zero-order valence-corrected chi connectivity index (χ0v) is 12.2. The van der Waals surface area contributed by atoms with E-state index in [4.69, 9.17) is 16.4 Å². The maximum atomic E-state index is 9.89. The Morgan fingerprint density at radius 1 is 1.45 bits per heavy atom. The van der Waals surface area contributed by atoms with Gasteiger partial charge in [-0.1, -0.05) is 23.2 Å². The molecule has 1 fully saturated rings. The molecule has 0 aliphatic carbocycles. The van der Waals surface area contributed by atoms with Gasteiger partial charge in [-0.05, 0) is 38.1 Å². The van der Waals surface area contributed by atoms with E-state index < -0.39 is 6.10 Å². The van der Waals surface area contributed by atoms with Crippen LogP contribution in [0.1, 0.15) is 24.8 Å². The molecule has 110 valence electrons. The fraction of sp³-hybridized carbons (Fsp3) is 0.571. The van der Waals surface area contributed by atoms with Gasteiger partial charge in [0.15, 0.2) is 5.17 Å². The molecule has 1 saturated heterocycles. The van der Waals surface area contributed by atoms with Crippen molar-refractivity contribution >= 4 is 16.8 Å². The van der Waals surface area contributed by atoms with Crippen LogP contribution in [-0.2, 0) is 4.84 Å². The number of rotatable bonds is 6. The molecule has 1 atom stereocenters. The molecule has 0 spiro atoms. The maximum Gasteiger partial charge on any atom is 0.177 e. The molecule has 1 aliphatic rings. The Balaban J connectivity index is 1.71. The van der Waals surface area contributed by atoms with Gasteiger partial charge in [-0.25, -0.2) is 0 Å². The van der Waals surface area contributed by atoms with Crippen molar-refractivity contribution in [2.45, 2.75) is 25.4 Å². The van der Waals surface area contributed by atoms with E-state index in [2.05, 4.69) is 15.0 Å². The molecule has 0 bridgehead atoms. The van der Waals surface area contributed by atoms with Crippen LogP contribution in [-0.4, -0.2) is 52.5 Å². The van der Waals surface area contributed by atoms with Crippen LogP contribution in [0.5, 0.6) is 0 Å². The Morgan fingerprint density at radius 2 is 2.25 bits per heavy atom. The van der Waals surface area contributed by atoms with Crippen LogP contribution in [0.25, 0.3) is 0 Å². The molecule has 0 aromatic carbocycles. The lowest BCUT2D eigenvalue weighted by Gasteiger charge is -2.27. The third-order valence-corrected chi connectivity index (χ3v) is 3.52. The normalized spacial score (nSPS) is 18.8. The lowest BCUT2D eigenvalue weighted by atomic mass is 10.1. The van der Waals surface area contributed by atoms with Crippen molar-refractivity contribution in [1.82, 2.24) is 9.88 Å². The molecule has 1 aromatic rings. The van der Waals surface area contributed by atoms with Gasteiger partial charge in [-0.2, -0.15) is 0 Å². The number of likely N-dealkylation sites (tertiary alicyclic amines) is 1. The first kappa shape index (κ1) is 15.2. The van der Waals surface area contributed by atoms with E-state index in [-0.39, 0.29) is 11.8 Å². The molecule has 0 saturated carbocycles. The average molecular weight is 298 g/mol. The zero-order chi connectivity index (χ0) is 14.2. The number of piperidine rings is 1. The van der Waals surface area contributed by atoms with Crippen molar-refractivity contribution in [1.29, 1.82) is 0 Å². The molecule has 2 rings (SSSR count). The Hall–Kier alpha value is -1.17. The minimum Gasteiger partial charge on any atom is -0.392 e. The van der Waals surface area contributed by atoms with Crippen LogP contribution in [0.4, 0.5) is 0 Å². The van der Waals surface area contributed by atoms with Crippen molar-refractivity contribution in [2.75, 3.05) is 26.2 Å². The second-order valence-electron chi connectivity index (χ2n) is 4.93. The highest BCUT2D eigenvalue weighted by atomic mass is 35.5. The number of β-amino-alcohol motifs (C(OH)–C–C–N with tert-alkyl or cyclic N) is 1. The van der Waals surface area contributed by atoms with E-state index in [0.29, 0.717) is 12.1 Å². The summed E-state index contributed by atoms with van der Waals surface area (Å²) >= 11 is 5.97. The van der Waals surface area contributed by atoms with Gasteiger partial charge in [0.25, 0.3) is 0 Å². The third-order valence-electron chi connectivity index (χ3n) is 3.23. The van der Waals surface area contributed by atoms with Gasteiger partial charge < -0.3 is 14.8 Å². The number of halogens is 1. The van der Waals surface area contributed by atoms with E-state index in [1.807, 2.05) is 0 Å². The summed E-state index contributed by atoms with van der Waals surface area (Å²) < 4.78 is 0. The van der Waals surface area contributed by atoms with Crippen molar-refractivity contribution in [3.63, 3.8) is 0 Å². The van der Waals surface area contributed by atoms with Crippen molar-refractivity contribution < 1.29 is 9.94 Å². The summed E-state index contributed by atoms with van der Waals surface area (Å²) in [4.78, 5) is 11.3. The van der Waals surface area contributed by atoms with Gasteiger partial charge in [-0.3, -0.25) is 4.98 Å². The van der Waals surface area contributed by atoms with E-state index in [0.717, 1.165) is 13.1 Å². The lowest BCUT2D eigenvalue weighted by molar-refractivity contribution is 0.0161. The van der Waals surface area contributed by atoms with E-state index >= 15 is 0 Å². The number of hydrogen-bond acceptors (Lipinski definition) is 5. The number of hydrogen-bond donors (Lipinski definition) is 1. The topological polar surface area (TPSA) is 58.0 Å². The Kier molecular flexibility index (Phi) is 6.24.